The number of halogens is 1. The van der Waals surface area contributed by atoms with Crippen molar-refractivity contribution in [3.05, 3.63) is 137 Å². The molecule has 0 N–H and O–H groups in total. The van der Waals surface area contributed by atoms with Crippen molar-refractivity contribution in [2.24, 2.45) is 4.99 Å². The fourth-order valence-corrected chi connectivity index (χ4v) is 6.89. The van der Waals surface area contributed by atoms with E-state index in [1.54, 1.807) is 30.6 Å². The molecule has 6 rings (SSSR count). The molecule has 2 heterocycles. The van der Waals surface area contributed by atoms with E-state index in [-0.39, 0.29) is 12.2 Å². The summed E-state index contributed by atoms with van der Waals surface area (Å²) >= 11 is 8.03. The lowest BCUT2D eigenvalue weighted by Crippen LogP contribution is -2.39. The van der Waals surface area contributed by atoms with Gasteiger partial charge >= 0.3 is 5.97 Å². The Kier molecular flexibility index (Phi) is 9.10. The Morgan fingerprint density at radius 2 is 1.72 bits per heavy atom. The molecule has 0 bridgehead atoms. The predicted octanol–water partition coefficient (Wildman–Crippen LogP) is 6.89. The van der Waals surface area contributed by atoms with Crippen molar-refractivity contribution in [2.75, 3.05) is 13.2 Å². The summed E-state index contributed by atoms with van der Waals surface area (Å²) in [6.45, 7) is 8.33. The molecule has 0 unspecified atom stereocenters. The maximum atomic E-state index is 14.0. The van der Waals surface area contributed by atoms with E-state index >= 15 is 0 Å². The van der Waals surface area contributed by atoms with Gasteiger partial charge in [-0.05, 0) is 79.4 Å². The number of hydrogen-bond acceptors (Lipinski definition) is 7. The molecule has 46 heavy (non-hydrogen) atoms. The molecule has 1 aliphatic heterocycles. The zero-order chi connectivity index (χ0) is 32.4. The van der Waals surface area contributed by atoms with Crippen molar-refractivity contribution in [1.29, 1.82) is 0 Å². The van der Waals surface area contributed by atoms with Crippen molar-refractivity contribution < 1.29 is 19.0 Å². The van der Waals surface area contributed by atoms with E-state index in [2.05, 4.69) is 29.3 Å². The van der Waals surface area contributed by atoms with Crippen molar-refractivity contribution in [3.8, 4) is 11.5 Å². The summed E-state index contributed by atoms with van der Waals surface area (Å²) in [6.07, 6.45) is 1.76. The summed E-state index contributed by atoms with van der Waals surface area (Å²) in [5.74, 6) is 0.424. The number of allylic oxidation sites excluding steroid dienone is 1. The van der Waals surface area contributed by atoms with Crippen molar-refractivity contribution in [2.45, 2.75) is 40.3 Å². The minimum atomic E-state index is -0.675. The summed E-state index contributed by atoms with van der Waals surface area (Å²) in [4.78, 5) is 32.3. The van der Waals surface area contributed by atoms with Gasteiger partial charge in [0.15, 0.2) is 16.3 Å². The first-order valence-corrected chi connectivity index (χ1v) is 16.3. The molecule has 0 saturated carbocycles. The summed E-state index contributed by atoms with van der Waals surface area (Å²) in [6, 6.07) is 25.0. The molecule has 5 aromatic rings. The molecule has 0 aliphatic carbocycles. The number of aryl methyl sites for hydroxylation is 1. The lowest BCUT2D eigenvalue weighted by Gasteiger charge is -2.24. The fourth-order valence-electron chi connectivity index (χ4n) is 5.57. The molecule has 1 aliphatic rings. The molecule has 9 heteroatoms. The Morgan fingerprint density at radius 1 is 0.957 bits per heavy atom. The van der Waals surface area contributed by atoms with Crippen LogP contribution in [0, 0.1) is 6.92 Å². The van der Waals surface area contributed by atoms with Gasteiger partial charge in [0, 0.05) is 0 Å². The van der Waals surface area contributed by atoms with E-state index in [4.69, 9.17) is 25.8 Å². The maximum Gasteiger partial charge on any atom is 0.338 e. The molecule has 0 fully saturated rings. The third-order valence-electron chi connectivity index (χ3n) is 7.74. The molecule has 0 saturated heterocycles. The lowest BCUT2D eigenvalue weighted by molar-refractivity contribution is -0.139. The highest BCUT2D eigenvalue weighted by Gasteiger charge is 2.33. The average Bonchev–Trinajstić information content (AvgIpc) is 3.34. The van der Waals surface area contributed by atoms with Gasteiger partial charge in [-0.1, -0.05) is 89.2 Å². The van der Waals surface area contributed by atoms with Crippen LogP contribution in [-0.2, 0) is 16.1 Å². The van der Waals surface area contributed by atoms with Gasteiger partial charge in [-0.2, -0.15) is 0 Å². The number of rotatable bonds is 9. The Hall–Kier alpha value is -4.66. The van der Waals surface area contributed by atoms with Gasteiger partial charge in [0.1, 0.15) is 6.61 Å². The Morgan fingerprint density at radius 3 is 2.46 bits per heavy atom. The third-order valence-corrected chi connectivity index (χ3v) is 9.00. The molecular weight excluding hydrogens is 620 g/mol. The smallest absolute Gasteiger partial charge is 0.338 e. The van der Waals surface area contributed by atoms with Gasteiger partial charge in [0.25, 0.3) is 5.56 Å². The first-order chi connectivity index (χ1) is 22.3. The van der Waals surface area contributed by atoms with Crippen molar-refractivity contribution >= 4 is 45.8 Å². The second-order valence-electron chi connectivity index (χ2n) is 10.9. The summed E-state index contributed by atoms with van der Waals surface area (Å²) in [7, 11) is 0. The van der Waals surface area contributed by atoms with Crippen molar-refractivity contribution in [3.63, 3.8) is 0 Å². The van der Waals surface area contributed by atoms with Crippen LogP contribution in [0.2, 0.25) is 5.02 Å². The van der Waals surface area contributed by atoms with Crippen LogP contribution in [0.1, 0.15) is 49.1 Å². The van der Waals surface area contributed by atoms with E-state index in [0.717, 1.165) is 27.5 Å². The van der Waals surface area contributed by atoms with E-state index in [1.165, 1.54) is 11.3 Å². The van der Waals surface area contributed by atoms with Crippen LogP contribution >= 0.6 is 22.9 Å². The molecule has 4 aromatic carbocycles. The number of aromatic nitrogens is 1. The monoisotopic (exact) mass is 652 g/mol. The zero-order valence-corrected chi connectivity index (χ0v) is 27.6. The standard InChI is InChI=1S/C37H33ClN2O5S/c1-5-43-30-19-25(18-29(38)34(30)45-21-24-13-16-26-9-7-8-10-28(26)17-24)20-31-35(41)40-33(27-14-11-22(3)12-15-27)32(36(42)44-6-2)23(4)39-37(40)46-31/h7-20,33H,5-6,21H2,1-4H3/b31-20+/t33-/m0/s1. The summed E-state index contributed by atoms with van der Waals surface area (Å²) < 4.78 is 19.5. The lowest BCUT2D eigenvalue weighted by atomic mass is 9.95. The number of hydrogen-bond donors (Lipinski definition) is 0. The van der Waals surface area contributed by atoms with Gasteiger partial charge in [-0.15, -0.1) is 0 Å². The molecule has 0 amide bonds. The van der Waals surface area contributed by atoms with E-state index in [1.807, 2.05) is 62.4 Å². The van der Waals surface area contributed by atoms with Crippen molar-refractivity contribution in [1.82, 2.24) is 4.57 Å². The molecule has 1 atom stereocenters. The molecule has 0 spiro atoms. The third kappa shape index (κ3) is 6.23. The van der Waals surface area contributed by atoms with Crippen LogP contribution < -0.4 is 24.4 Å². The highest BCUT2D eigenvalue weighted by atomic mass is 35.5. The highest BCUT2D eigenvalue weighted by molar-refractivity contribution is 7.07. The largest absolute Gasteiger partial charge is 0.490 e. The Balaban J connectivity index is 1.38. The second kappa shape index (κ2) is 13.4. The first-order valence-electron chi connectivity index (χ1n) is 15.1. The quantitative estimate of drug-likeness (QED) is 0.162. The second-order valence-corrected chi connectivity index (χ2v) is 12.4. The molecule has 7 nitrogen and oxygen atoms in total. The van der Waals surface area contributed by atoms with Gasteiger partial charge in [-0.3, -0.25) is 9.36 Å². The molecule has 234 valence electrons. The number of thiazole rings is 1. The Bertz CT molecular complexity index is 2170. The highest BCUT2D eigenvalue weighted by Crippen LogP contribution is 2.38. The molecular formula is C37H33ClN2O5S. The number of esters is 1. The van der Waals surface area contributed by atoms with E-state index < -0.39 is 12.0 Å². The van der Waals surface area contributed by atoms with Crippen LogP contribution in [0.4, 0.5) is 0 Å². The Labute approximate surface area is 275 Å². The van der Waals surface area contributed by atoms with Crippen LogP contribution in [0.5, 0.6) is 11.5 Å². The van der Waals surface area contributed by atoms with Gasteiger partial charge in [0.2, 0.25) is 0 Å². The van der Waals surface area contributed by atoms with Gasteiger partial charge < -0.3 is 14.2 Å². The molecule has 0 radical (unpaired) electrons. The number of carbonyl (C=O) groups excluding carboxylic acids is 1. The predicted molar refractivity (Wildman–Crippen MR) is 182 cm³/mol. The zero-order valence-electron chi connectivity index (χ0n) is 26.0. The molecule has 1 aromatic heterocycles. The number of ether oxygens (including phenoxy) is 3. The maximum absolute atomic E-state index is 14.0. The normalized spacial score (nSPS) is 14.6. The number of benzene rings is 4. The van der Waals surface area contributed by atoms with Crippen LogP contribution in [-0.4, -0.2) is 23.8 Å². The average molecular weight is 653 g/mol. The SMILES string of the molecule is CCOC(=O)C1=C(C)N=c2s/c(=C/c3cc(Cl)c(OCc4ccc5ccccc5c4)c(OCC)c3)c(=O)n2[C@H]1c1ccc(C)cc1. The minimum Gasteiger partial charge on any atom is -0.490 e. The number of nitrogens with zero attached hydrogens (tertiary/aromatic N) is 2. The number of fused-ring (bicyclic) bond motifs is 2. The van der Waals surface area contributed by atoms with E-state index in [0.29, 0.717) is 55.9 Å². The van der Waals surface area contributed by atoms with Gasteiger partial charge in [0.05, 0.1) is 40.1 Å². The summed E-state index contributed by atoms with van der Waals surface area (Å²) in [5.41, 5.74) is 4.14. The topological polar surface area (TPSA) is 79.1 Å². The minimum absolute atomic E-state index is 0.214. The summed E-state index contributed by atoms with van der Waals surface area (Å²) in [5, 5.41) is 2.65. The van der Waals surface area contributed by atoms with Gasteiger partial charge in [-0.25, -0.2) is 9.79 Å². The van der Waals surface area contributed by atoms with Crippen LogP contribution in [0.15, 0.2) is 99.9 Å². The number of carbonyl (C=O) groups is 1. The van der Waals surface area contributed by atoms with Crippen LogP contribution in [0.25, 0.3) is 16.8 Å². The van der Waals surface area contributed by atoms with E-state index in [9.17, 15) is 9.59 Å². The first kappa shape index (κ1) is 31.3. The fraction of sp³-hybridized carbons (Fsp3) is 0.216. The van der Waals surface area contributed by atoms with Crippen LogP contribution in [0.3, 0.4) is 0 Å².